The Morgan fingerprint density at radius 2 is 1.58 bits per heavy atom. The second kappa shape index (κ2) is 13.6. The molecule has 0 aliphatic rings. The maximum absolute atomic E-state index is 10.3. The van der Waals surface area contributed by atoms with Gasteiger partial charge < -0.3 is 5.11 Å². The number of rotatable bonds is 13. The molecule has 0 radical (unpaired) electrons. The van der Waals surface area contributed by atoms with Crippen molar-refractivity contribution >= 4 is 5.97 Å². The first-order valence-corrected chi connectivity index (χ1v) is 8.03. The van der Waals surface area contributed by atoms with Gasteiger partial charge in [-0.25, -0.2) is 0 Å². The minimum atomic E-state index is -0.669. The summed E-state index contributed by atoms with van der Waals surface area (Å²) in [6.07, 6.45) is 16.9. The highest BCUT2D eigenvalue weighted by Crippen LogP contribution is 2.12. The molecule has 0 bridgehead atoms. The lowest BCUT2D eigenvalue weighted by Gasteiger charge is -2.06. The average molecular weight is 268 g/mol. The zero-order valence-electron chi connectivity index (χ0n) is 12.9. The van der Waals surface area contributed by atoms with E-state index in [0.717, 1.165) is 31.6 Å². The summed E-state index contributed by atoms with van der Waals surface area (Å²) < 4.78 is 0. The molecule has 0 aromatic carbocycles. The molecule has 112 valence electrons. The molecule has 2 nitrogen and oxygen atoms in total. The molecule has 0 heterocycles. The first kappa shape index (κ1) is 18.2. The van der Waals surface area contributed by atoms with E-state index in [1.807, 2.05) is 0 Å². The molecule has 1 atom stereocenters. The van der Waals surface area contributed by atoms with Crippen molar-refractivity contribution in [2.24, 2.45) is 5.92 Å². The van der Waals surface area contributed by atoms with Gasteiger partial charge in [0.15, 0.2) is 0 Å². The lowest BCUT2D eigenvalue weighted by molar-refractivity contribution is -0.137. The van der Waals surface area contributed by atoms with Gasteiger partial charge in [-0.15, -0.1) is 0 Å². The number of aliphatic carboxylic acids is 1. The summed E-state index contributed by atoms with van der Waals surface area (Å²) in [5.74, 6) is 0.215. The van der Waals surface area contributed by atoms with Crippen LogP contribution < -0.4 is 0 Å². The summed E-state index contributed by atoms with van der Waals surface area (Å²) >= 11 is 0. The number of hydrogen-bond acceptors (Lipinski definition) is 1. The molecule has 0 saturated carbocycles. The van der Waals surface area contributed by atoms with E-state index in [1.165, 1.54) is 38.5 Å². The molecule has 0 aromatic heterocycles. The molecule has 1 unspecified atom stereocenters. The quantitative estimate of drug-likeness (QED) is 0.350. The fraction of sp³-hybridized carbons (Fsp3) is 0.824. The largest absolute Gasteiger partial charge is 0.481 e. The Balaban J connectivity index is 3.15. The van der Waals surface area contributed by atoms with Crippen LogP contribution >= 0.6 is 0 Å². The molecule has 19 heavy (non-hydrogen) atoms. The normalized spacial score (nSPS) is 12.9. The predicted octanol–water partition coefficient (Wildman–Crippen LogP) is 5.57. The fourth-order valence-corrected chi connectivity index (χ4v) is 2.09. The molecule has 0 amide bonds. The maximum Gasteiger partial charge on any atom is 0.303 e. The molecule has 0 aromatic rings. The van der Waals surface area contributed by atoms with Crippen molar-refractivity contribution in [3.05, 3.63) is 12.2 Å². The van der Waals surface area contributed by atoms with Crippen LogP contribution in [0.3, 0.4) is 0 Å². The predicted molar refractivity (Wildman–Crippen MR) is 82.4 cm³/mol. The summed E-state index contributed by atoms with van der Waals surface area (Å²) in [4.78, 5) is 10.3. The Bertz CT molecular complexity index is 233. The molecule has 2 heteroatoms. The summed E-state index contributed by atoms with van der Waals surface area (Å²) in [6.45, 7) is 4.60. The molecular weight excluding hydrogens is 236 g/mol. The van der Waals surface area contributed by atoms with E-state index in [2.05, 4.69) is 26.0 Å². The van der Waals surface area contributed by atoms with Crippen molar-refractivity contribution in [2.45, 2.75) is 84.5 Å². The third-order valence-corrected chi connectivity index (χ3v) is 3.69. The van der Waals surface area contributed by atoms with Crippen LogP contribution in [-0.4, -0.2) is 11.1 Å². The zero-order valence-corrected chi connectivity index (χ0v) is 12.9. The second-order valence-electron chi connectivity index (χ2n) is 5.62. The van der Waals surface area contributed by atoms with Gasteiger partial charge in [0.05, 0.1) is 0 Å². The Kier molecular flexibility index (Phi) is 13.1. The zero-order chi connectivity index (χ0) is 14.3. The molecule has 0 aliphatic heterocycles. The van der Waals surface area contributed by atoms with E-state index in [4.69, 9.17) is 5.11 Å². The topological polar surface area (TPSA) is 37.3 Å². The Morgan fingerprint density at radius 1 is 1.00 bits per heavy atom. The number of hydrogen-bond donors (Lipinski definition) is 1. The molecule has 0 saturated heterocycles. The SMILES string of the molecule is CCC(C)CCCC/C=C/CCCCCCC(=O)O. The number of unbranched alkanes of at least 4 members (excludes halogenated alkanes) is 6. The number of carboxylic acid groups (broad SMARTS) is 1. The van der Waals surface area contributed by atoms with Gasteiger partial charge in [0, 0.05) is 6.42 Å². The van der Waals surface area contributed by atoms with Crippen molar-refractivity contribution in [3.63, 3.8) is 0 Å². The summed E-state index contributed by atoms with van der Waals surface area (Å²) in [7, 11) is 0. The maximum atomic E-state index is 10.3. The first-order chi connectivity index (χ1) is 9.16. The molecular formula is C17H32O2. The van der Waals surface area contributed by atoms with Crippen LogP contribution in [-0.2, 0) is 4.79 Å². The van der Waals surface area contributed by atoms with Gasteiger partial charge in [-0.05, 0) is 38.0 Å². The van der Waals surface area contributed by atoms with E-state index in [9.17, 15) is 4.79 Å². The highest BCUT2D eigenvalue weighted by Gasteiger charge is 1.97. The smallest absolute Gasteiger partial charge is 0.303 e. The monoisotopic (exact) mass is 268 g/mol. The molecule has 1 N–H and O–H groups in total. The van der Waals surface area contributed by atoms with E-state index in [-0.39, 0.29) is 0 Å². The summed E-state index contributed by atoms with van der Waals surface area (Å²) in [5.41, 5.74) is 0. The lowest BCUT2D eigenvalue weighted by atomic mass is 10.0. The van der Waals surface area contributed by atoms with Gasteiger partial charge in [-0.3, -0.25) is 4.79 Å². The Hall–Kier alpha value is -0.790. The van der Waals surface area contributed by atoms with Gasteiger partial charge in [0.2, 0.25) is 0 Å². The molecule has 0 rings (SSSR count). The highest BCUT2D eigenvalue weighted by molar-refractivity contribution is 5.66. The van der Waals surface area contributed by atoms with Gasteiger partial charge in [-0.1, -0.05) is 58.1 Å². The number of carbonyl (C=O) groups is 1. The first-order valence-electron chi connectivity index (χ1n) is 8.03. The van der Waals surface area contributed by atoms with Crippen LogP contribution in [0.1, 0.15) is 84.5 Å². The molecule has 0 spiro atoms. The minimum Gasteiger partial charge on any atom is -0.481 e. The fourth-order valence-electron chi connectivity index (χ4n) is 2.09. The van der Waals surface area contributed by atoms with Crippen molar-refractivity contribution < 1.29 is 9.90 Å². The highest BCUT2D eigenvalue weighted by atomic mass is 16.4. The van der Waals surface area contributed by atoms with Crippen molar-refractivity contribution in [2.75, 3.05) is 0 Å². The van der Waals surface area contributed by atoms with Crippen molar-refractivity contribution in [1.82, 2.24) is 0 Å². The molecule has 0 aliphatic carbocycles. The van der Waals surface area contributed by atoms with Crippen LogP contribution in [0.2, 0.25) is 0 Å². The number of allylic oxidation sites excluding steroid dienone is 2. The number of carboxylic acids is 1. The lowest BCUT2D eigenvalue weighted by Crippen LogP contribution is -1.93. The standard InChI is InChI=1S/C17H32O2/c1-3-16(2)14-12-10-8-6-4-5-7-9-11-13-15-17(18)19/h4,6,16H,3,5,7-15H2,1-2H3,(H,18,19)/b6-4+. The summed E-state index contributed by atoms with van der Waals surface area (Å²) in [5, 5.41) is 8.50. The van der Waals surface area contributed by atoms with Crippen LogP contribution in [0.15, 0.2) is 12.2 Å². The van der Waals surface area contributed by atoms with Gasteiger partial charge in [-0.2, -0.15) is 0 Å². The van der Waals surface area contributed by atoms with Crippen LogP contribution in [0, 0.1) is 5.92 Å². The third-order valence-electron chi connectivity index (χ3n) is 3.69. The van der Waals surface area contributed by atoms with E-state index in [1.54, 1.807) is 0 Å². The third kappa shape index (κ3) is 15.2. The van der Waals surface area contributed by atoms with Crippen LogP contribution in [0.25, 0.3) is 0 Å². The Labute approximate surface area is 119 Å². The van der Waals surface area contributed by atoms with E-state index in [0.29, 0.717) is 6.42 Å². The van der Waals surface area contributed by atoms with E-state index >= 15 is 0 Å². The Morgan fingerprint density at radius 3 is 2.16 bits per heavy atom. The van der Waals surface area contributed by atoms with Gasteiger partial charge in [0.25, 0.3) is 0 Å². The summed E-state index contributed by atoms with van der Waals surface area (Å²) in [6, 6.07) is 0. The van der Waals surface area contributed by atoms with Crippen molar-refractivity contribution in [1.29, 1.82) is 0 Å². The van der Waals surface area contributed by atoms with E-state index < -0.39 is 5.97 Å². The second-order valence-corrected chi connectivity index (χ2v) is 5.62. The van der Waals surface area contributed by atoms with Crippen molar-refractivity contribution in [3.8, 4) is 0 Å². The van der Waals surface area contributed by atoms with Gasteiger partial charge >= 0.3 is 5.97 Å². The average Bonchev–Trinajstić information content (AvgIpc) is 2.39. The minimum absolute atomic E-state index is 0.325. The van der Waals surface area contributed by atoms with Gasteiger partial charge in [0.1, 0.15) is 0 Å². The van der Waals surface area contributed by atoms with Crippen LogP contribution in [0.5, 0.6) is 0 Å². The van der Waals surface area contributed by atoms with Crippen LogP contribution in [0.4, 0.5) is 0 Å². The molecule has 0 fully saturated rings.